The van der Waals surface area contributed by atoms with E-state index in [-0.39, 0.29) is 5.41 Å². The fourth-order valence-electron chi connectivity index (χ4n) is 4.93. The number of para-hydroxylation sites is 1. The topological polar surface area (TPSA) is 37.8 Å². The van der Waals surface area contributed by atoms with Crippen LogP contribution in [0.25, 0.3) is 22.4 Å². The molecule has 0 unspecified atom stereocenters. The van der Waals surface area contributed by atoms with E-state index in [1.165, 1.54) is 5.56 Å². The van der Waals surface area contributed by atoms with E-state index in [9.17, 15) is 0 Å². The fourth-order valence-corrected chi connectivity index (χ4v) is 4.93. The van der Waals surface area contributed by atoms with Gasteiger partial charge in [0.25, 0.3) is 0 Å². The maximum absolute atomic E-state index is 6.48. The highest BCUT2D eigenvalue weighted by molar-refractivity contribution is 5.72. The van der Waals surface area contributed by atoms with E-state index in [0.29, 0.717) is 0 Å². The van der Waals surface area contributed by atoms with Gasteiger partial charge in [-0.3, -0.25) is 4.98 Å². The zero-order valence-electron chi connectivity index (χ0n) is 24.5. The van der Waals surface area contributed by atoms with Crippen LogP contribution in [0.15, 0.2) is 128 Å². The molecular formula is C37H35N3O2. The molecule has 4 aromatic carbocycles. The number of rotatable bonds is 7. The van der Waals surface area contributed by atoms with E-state index in [2.05, 4.69) is 98.5 Å². The summed E-state index contributed by atoms with van der Waals surface area (Å²) in [6.07, 6.45) is 6.02. The van der Waals surface area contributed by atoms with Gasteiger partial charge in [-0.2, -0.15) is 0 Å². The molecule has 0 amide bonds. The minimum absolute atomic E-state index is 0.0678. The van der Waals surface area contributed by atoms with Crippen LogP contribution in [0.2, 0.25) is 0 Å². The average molecular weight is 554 g/mol. The summed E-state index contributed by atoms with van der Waals surface area (Å²) in [4.78, 5) is 9.10. The van der Waals surface area contributed by atoms with Crippen LogP contribution in [-0.2, 0) is 5.41 Å². The van der Waals surface area contributed by atoms with Crippen molar-refractivity contribution in [2.75, 3.05) is 18.6 Å². The van der Waals surface area contributed by atoms with Gasteiger partial charge in [0, 0.05) is 43.0 Å². The smallest absolute Gasteiger partial charge is 0.129 e. The highest BCUT2D eigenvalue weighted by Gasteiger charge is 2.18. The number of nitrogens with zero attached hydrogens (tertiary/aromatic N) is 3. The Morgan fingerprint density at radius 3 is 2.07 bits per heavy atom. The molecular weight excluding hydrogens is 518 g/mol. The van der Waals surface area contributed by atoms with Crippen molar-refractivity contribution in [3.05, 3.63) is 133 Å². The van der Waals surface area contributed by atoms with E-state index < -0.39 is 0 Å². The van der Waals surface area contributed by atoms with E-state index in [4.69, 9.17) is 14.5 Å². The van der Waals surface area contributed by atoms with Crippen LogP contribution >= 0.6 is 0 Å². The molecule has 5 heteroatoms. The average Bonchev–Trinajstić information content (AvgIpc) is 3.44. The molecule has 0 bridgehead atoms. The summed E-state index contributed by atoms with van der Waals surface area (Å²) in [5.41, 5.74) is 6.23. The van der Waals surface area contributed by atoms with Crippen molar-refractivity contribution in [1.82, 2.24) is 9.88 Å². The maximum Gasteiger partial charge on any atom is 0.129 e. The molecule has 0 fully saturated rings. The molecule has 6 rings (SSSR count). The molecule has 0 saturated carbocycles. The molecule has 0 atom stereocenters. The zero-order chi connectivity index (χ0) is 29.1. The Balaban J connectivity index is 1.31. The highest BCUT2D eigenvalue weighted by Crippen LogP contribution is 2.36. The molecule has 5 nitrogen and oxygen atoms in total. The van der Waals surface area contributed by atoms with Gasteiger partial charge < -0.3 is 19.3 Å². The minimum atomic E-state index is -0.0678. The Morgan fingerprint density at radius 1 is 0.619 bits per heavy atom. The van der Waals surface area contributed by atoms with Crippen LogP contribution in [0.4, 0.5) is 5.69 Å². The van der Waals surface area contributed by atoms with Gasteiger partial charge in [-0.25, -0.2) is 0 Å². The molecule has 42 heavy (non-hydrogen) atoms. The first-order valence-electron chi connectivity index (χ1n) is 14.2. The van der Waals surface area contributed by atoms with Gasteiger partial charge in [0.1, 0.15) is 23.0 Å². The molecule has 0 saturated heterocycles. The normalized spacial score (nSPS) is 13.0. The Bertz CT molecular complexity index is 1720. The monoisotopic (exact) mass is 553 g/mol. The molecule has 1 aliphatic rings. The third-order valence-electron chi connectivity index (χ3n) is 7.24. The van der Waals surface area contributed by atoms with Crippen molar-refractivity contribution in [3.63, 3.8) is 0 Å². The van der Waals surface area contributed by atoms with E-state index in [1.807, 2.05) is 66.9 Å². The lowest BCUT2D eigenvalue weighted by atomic mass is 9.85. The summed E-state index contributed by atoms with van der Waals surface area (Å²) in [5.74, 6) is 3.19. The third kappa shape index (κ3) is 6.31. The van der Waals surface area contributed by atoms with E-state index in [0.717, 1.165) is 57.7 Å². The quantitative estimate of drug-likeness (QED) is 0.201. The van der Waals surface area contributed by atoms with Gasteiger partial charge in [0.15, 0.2) is 0 Å². The molecule has 0 aliphatic carbocycles. The first-order valence-corrected chi connectivity index (χ1v) is 14.2. The van der Waals surface area contributed by atoms with Crippen LogP contribution in [0.3, 0.4) is 0 Å². The van der Waals surface area contributed by atoms with Gasteiger partial charge in [0.2, 0.25) is 0 Å². The van der Waals surface area contributed by atoms with Crippen LogP contribution in [0, 0.1) is 0 Å². The van der Waals surface area contributed by atoms with Crippen molar-refractivity contribution >= 4 is 5.69 Å². The standard InChI is InChI=1S/C37H35N3O2/c1-37(2,3)30-20-29(22-35(24-30)42-34-15-9-11-31(25-34)40-19-18-39(4)26-40)36-23-28(16-17-38-36)27-10-8-14-33(21-27)41-32-12-6-5-7-13-32/h5-25H,26H2,1-4H3. The largest absolute Gasteiger partial charge is 0.457 e. The molecule has 0 spiro atoms. The molecule has 2 heterocycles. The summed E-state index contributed by atoms with van der Waals surface area (Å²) < 4.78 is 12.6. The lowest BCUT2D eigenvalue weighted by Gasteiger charge is -2.22. The van der Waals surface area contributed by atoms with Crippen LogP contribution in [0.1, 0.15) is 26.3 Å². The predicted octanol–water partition coefficient (Wildman–Crippen LogP) is 9.48. The number of hydrogen-bond donors (Lipinski definition) is 0. The second-order valence-corrected chi connectivity index (χ2v) is 11.6. The molecule has 210 valence electrons. The molecule has 0 radical (unpaired) electrons. The van der Waals surface area contributed by atoms with Crippen LogP contribution in [0.5, 0.6) is 23.0 Å². The molecule has 1 aliphatic heterocycles. The maximum atomic E-state index is 6.48. The minimum Gasteiger partial charge on any atom is -0.457 e. The predicted molar refractivity (Wildman–Crippen MR) is 171 cm³/mol. The van der Waals surface area contributed by atoms with Crippen molar-refractivity contribution in [3.8, 4) is 45.4 Å². The van der Waals surface area contributed by atoms with E-state index in [1.54, 1.807) is 0 Å². The third-order valence-corrected chi connectivity index (χ3v) is 7.24. The molecule has 5 aromatic rings. The number of aromatic nitrogens is 1. The van der Waals surface area contributed by atoms with E-state index >= 15 is 0 Å². The second-order valence-electron chi connectivity index (χ2n) is 11.6. The van der Waals surface area contributed by atoms with Crippen molar-refractivity contribution in [1.29, 1.82) is 0 Å². The molecule has 1 aromatic heterocycles. The Kier molecular flexibility index (Phi) is 7.41. The number of benzene rings is 4. The van der Waals surface area contributed by atoms with Crippen LogP contribution in [-0.4, -0.2) is 23.6 Å². The van der Waals surface area contributed by atoms with Crippen molar-refractivity contribution in [2.24, 2.45) is 0 Å². The number of ether oxygens (including phenoxy) is 2. The lowest BCUT2D eigenvalue weighted by molar-refractivity contribution is 0.477. The fraction of sp³-hybridized carbons (Fsp3) is 0.162. The summed E-state index contributed by atoms with van der Waals surface area (Å²) in [6, 6.07) is 36.8. The van der Waals surface area contributed by atoms with Crippen molar-refractivity contribution < 1.29 is 9.47 Å². The summed E-state index contributed by atoms with van der Waals surface area (Å²) >= 11 is 0. The lowest BCUT2D eigenvalue weighted by Crippen LogP contribution is -2.21. The van der Waals surface area contributed by atoms with Gasteiger partial charge >= 0.3 is 0 Å². The molecule has 0 N–H and O–H groups in total. The Hall–Kier alpha value is -5.03. The second kappa shape index (κ2) is 11.5. The van der Waals surface area contributed by atoms with Gasteiger partial charge in [-0.15, -0.1) is 0 Å². The van der Waals surface area contributed by atoms with Crippen LogP contribution < -0.4 is 14.4 Å². The SMILES string of the molecule is CN1C=CN(c2cccc(Oc3cc(-c4cc(-c5cccc(Oc6ccccc6)c5)ccn4)cc(C(C)(C)C)c3)c2)C1. The first-order chi connectivity index (χ1) is 20.3. The van der Waals surface area contributed by atoms with Gasteiger partial charge in [-0.05, 0) is 88.8 Å². The summed E-state index contributed by atoms with van der Waals surface area (Å²) in [6.45, 7) is 7.47. The summed E-state index contributed by atoms with van der Waals surface area (Å²) in [7, 11) is 2.06. The summed E-state index contributed by atoms with van der Waals surface area (Å²) in [5, 5.41) is 0. The zero-order valence-corrected chi connectivity index (χ0v) is 24.5. The Morgan fingerprint density at radius 2 is 1.31 bits per heavy atom. The van der Waals surface area contributed by atoms with Gasteiger partial charge in [-0.1, -0.05) is 57.2 Å². The highest BCUT2D eigenvalue weighted by atomic mass is 16.5. The number of anilines is 1. The first kappa shape index (κ1) is 27.2. The number of hydrogen-bond acceptors (Lipinski definition) is 5. The van der Waals surface area contributed by atoms with Crippen molar-refractivity contribution in [2.45, 2.75) is 26.2 Å². The Labute approximate surface area is 248 Å². The number of pyridine rings is 1. The van der Waals surface area contributed by atoms with Gasteiger partial charge in [0.05, 0.1) is 12.4 Å².